The van der Waals surface area contributed by atoms with Crippen LogP contribution >= 0.6 is 0 Å². The summed E-state index contributed by atoms with van der Waals surface area (Å²) in [5.74, 6) is 1.34. The molecule has 4 N–H and O–H groups in total. The van der Waals surface area contributed by atoms with Crippen molar-refractivity contribution in [2.24, 2.45) is 17.8 Å². The van der Waals surface area contributed by atoms with Crippen LogP contribution in [0.1, 0.15) is 56.6 Å². The number of anilines is 2. The highest BCUT2D eigenvalue weighted by atomic mass is 16.3. The lowest BCUT2D eigenvalue weighted by Crippen LogP contribution is -2.53. The molecule has 0 spiro atoms. The molecule has 3 fully saturated rings. The van der Waals surface area contributed by atoms with Gasteiger partial charge < -0.3 is 21.1 Å². The third-order valence-electron chi connectivity index (χ3n) is 8.57. The van der Waals surface area contributed by atoms with Crippen LogP contribution in [0.2, 0.25) is 0 Å². The van der Waals surface area contributed by atoms with Crippen LogP contribution in [0.25, 0.3) is 0 Å². The van der Waals surface area contributed by atoms with Gasteiger partial charge in [0.2, 0.25) is 0 Å². The largest absolute Gasteiger partial charge is 0.381 e. The molecule has 2 saturated carbocycles. The maximum absolute atomic E-state index is 12.8. The number of hydrogen-bond acceptors (Lipinski definition) is 4. The van der Waals surface area contributed by atoms with E-state index < -0.39 is 6.23 Å². The van der Waals surface area contributed by atoms with Crippen LogP contribution in [0.15, 0.2) is 54.6 Å². The van der Waals surface area contributed by atoms with Gasteiger partial charge in [0.05, 0.1) is 0 Å². The van der Waals surface area contributed by atoms with E-state index in [9.17, 15) is 9.90 Å². The van der Waals surface area contributed by atoms with Crippen molar-refractivity contribution in [1.29, 1.82) is 0 Å². The van der Waals surface area contributed by atoms with Gasteiger partial charge in [0.25, 0.3) is 0 Å². The van der Waals surface area contributed by atoms with E-state index in [1.54, 1.807) is 0 Å². The number of urea groups is 1. The standard InChI is InChI=1S/C28H36N4O2/c33-27(21-11-5-7-13-24(21)31-28(34)29-19-8-2-1-3-9-19)32-17-16-22-25(18-14-15-18)30-23-12-6-4-10-20(23)26(22)32/h1-4,6,8-10,12,18,21-22,24-27,30,33H,5,7,11,13-17H2,(H2,29,31,34)/t21-,22+,24+,25-,26-,27?/m0/s1. The average Bonchev–Trinajstić information content (AvgIpc) is 3.61. The number of nitrogens with zero attached hydrogens (tertiary/aromatic N) is 1. The van der Waals surface area contributed by atoms with Gasteiger partial charge in [-0.15, -0.1) is 0 Å². The number of carbonyl (C=O) groups is 1. The summed E-state index contributed by atoms with van der Waals surface area (Å²) in [6.45, 7) is 0.912. The minimum atomic E-state index is -0.552. The molecule has 2 aliphatic heterocycles. The summed E-state index contributed by atoms with van der Waals surface area (Å²) in [5.41, 5.74) is 3.34. The normalized spacial score (nSPS) is 31.6. The van der Waals surface area contributed by atoms with E-state index in [0.717, 1.165) is 50.3 Å². The maximum Gasteiger partial charge on any atom is 0.319 e. The molecule has 34 heavy (non-hydrogen) atoms. The number of aliphatic hydroxyl groups is 1. The lowest BCUT2D eigenvalue weighted by Gasteiger charge is -2.45. The molecule has 0 radical (unpaired) electrons. The number of fused-ring (bicyclic) bond motifs is 3. The Morgan fingerprint density at radius 2 is 1.74 bits per heavy atom. The first-order valence-electron chi connectivity index (χ1n) is 13.1. The number of aliphatic hydroxyl groups excluding tert-OH is 1. The van der Waals surface area contributed by atoms with Crippen molar-refractivity contribution in [1.82, 2.24) is 10.2 Å². The van der Waals surface area contributed by atoms with E-state index in [-0.39, 0.29) is 24.0 Å². The van der Waals surface area contributed by atoms with E-state index in [1.807, 2.05) is 30.3 Å². The van der Waals surface area contributed by atoms with Gasteiger partial charge in [0.15, 0.2) is 0 Å². The molecule has 6 nitrogen and oxygen atoms in total. The van der Waals surface area contributed by atoms with Crippen LogP contribution in [0, 0.1) is 17.8 Å². The van der Waals surface area contributed by atoms with Gasteiger partial charge in [0, 0.05) is 47.9 Å². The maximum atomic E-state index is 12.8. The van der Waals surface area contributed by atoms with Crippen molar-refractivity contribution in [3.63, 3.8) is 0 Å². The van der Waals surface area contributed by atoms with Crippen molar-refractivity contribution in [3.8, 4) is 0 Å². The molecule has 0 bridgehead atoms. The summed E-state index contributed by atoms with van der Waals surface area (Å²) >= 11 is 0. The van der Waals surface area contributed by atoms with Gasteiger partial charge >= 0.3 is 6.03 Å². The molecule has 1 saturated heterocycles. The second-order valence-corrected chi connectivity index (χ2v) is 10.7. The Hall–Kier alpha value is -2.57. The highest BCUT2D eigenvalue weighted by Crippen LogP contribution is 2.53. The highest BCUT2D eigenvalue weighted by molar-refractivity contribution is 5.89. The SMILES string of the molecule is O=C(Nc1ccccc1)N[C@@H]1CCCC[C@@H]1C(O)N1CC[C@@H]2[C@H](C3CC3)Nc3ccccc3[C@@H]21. The van der Waals surface area contributed by atoms with E-state index in [2.05, 4.69) is 45.1 Å². The van der Waals surface area contributed by atoms with Gasteiger partial charge in [-0.1, -0.05) is 49.2 Å². The molecular weight excluding hydrogens is 424 g/mol. The molecular formula is C28H36N4O2. The molecule has 2 aliphatic carbocycles. The van der Waals surface area contributed by atoms with Gasteiger partial charge in [-0.05, 0) is 61.8 Å². The van der Waals surface area contributed by atoms with Gasteiger partial charge in [-0.3, -0.25) is 4.90 Å². The summed E-state index contributed by atoms with van der Waals surface area (Å²) in [4.78, 5) is 15.1. The molecule has 6 heteroatoms. The van der Waals surface area contributed by atoms with Crippen LogP contribution in [0.3, 0.4) is 0 Å². The summed E-state index contributed by atoms with van der Waals surface area (Å²) in [7, 11) is 0. The number of amides is 2. The molecule has 2 amide bonds. The minimum Gasteiger partial charge on any atom is -0.381 e. The van der Waals surface area contributed by atoms with Crippen molar-refractivity contribution in [2.75, 3.05) is 17.2 Å². The zero-order valence-corrected chi connectivity index (χ0v) is 19.7. The Kier molecular flexibility index (Phi) is 5.95. The number of carbonyl (C=O) groups excluding carboxylic acids is 1. The molecule has 6 rings (SSSR count). The predicted octanol–water partition coefficient (Wildman–Crippen LogP) is 4.95. The Morgan fingerprint density at radius 1 is 0.971 bits per heavy atom. The van der Waals surface area contributed by atoms with E-state index in [0.29, 0.717) is 12.0 Å². The lowest BCUT2D eigenvalue weighted by molar-refractivity contribution is -0.0717. The number of benzene rings is 2. The fourth-order valence-corrected chi connectivity index (χ4v) is 6.82. The highest BCUT2D eigenvalue weighted by Gasteiger charge is 2.51. The summed E-state index contributed by atoms with van der Waals surface area (Å²) in [6, 6.07) is 18.8. The first-order chi connectivity index (χ1) is 16.7. The third kappa shape index (κ3) is 4.18. The Balaban J connectivity index is 1.20. The first kappa shape index (κ1) is 21.9. The Labute approximate surface area is 202 Å². The van der Waals surface area contributed by atoms with Gasteiger partial charge in [0.1, 0.15) is 6.23 Å². The first-order valence-corrected chi connectivity index (χ1v) is 13.1. The average molecular weight is 461 g/mol. The Bertz CT molecular complexity index is 1010. The molecule has 180 valence electrons. The lowest BCUT2D eigenvalue weighted by atomic mass is 9.79. The van der Waals surface area contributed by atoms with Gasteiger partial charge in [-0.2, -0.15) is 0 Å². The van der Waals surface area contributed by atoms with E-state index in [4.69, 9.17) is 0 Å². The van der Waals surface area contributed by atoms with E-state index in [1.165, 1.54) is 24.1 Å². The van der Waals surface area contributed by atoms with Crippen LogP contribution in [-0.4, -0.2) is 40.9 Å². The zero-order chi connectivity index (χ0) is 23.1. The molecule has 4 aliphatic rings. The number of para-hydroxylation sites is 2. The van der Waals surface area contributed by atoms with Crippen LogP contribution in [0.5, 0.6) is 0 Å². The Morgan fingerprint density at radius 3 is 2.56 bits per heavy atom. The molecule has 1 unspecified atom stereocenters. The van der Waals surface area contributed by atoms with Crippen molar-refractivity contribution in [3.05, 3.63) is 60.2 Å². The molecule has 6 atom stereocenters. The van der Waals surface area contributed by atoms with Crippen LogP contribution < -0.4 is 16.0 Å². The van der Waals surface area contributed by atoms with Crippen LogP contribution in [0.4, 0.5) is 16.2 Å². The number of likely N-dealkylation sites (tertiary alicyclic amines) is 1. The quantitative estimate of drug-likeness (QED) is 0.509. The second-order valence-electron chi connectivity index (χ2n) is 10.7. The molecule has 0 aromatic heterocycles. The van der Waals surface area contributed by atoms with Crippen LogP contribution in [-0.2, 0) is 0 Å². The number of nitrogens with one attached hydrogen (secondary N) is 3. The molecule has 2 heterocycles. The molecule has 2 aromatic rings. The van der Waals surface area contributed by atoms with Crippen molar-refractivity contribution in [2.45, 2.75) is 69.3 Å². The number of hydrogen-bond donors (Lipinski definition) is 4. The summed E-state index contributed by atoms with van der Waals surface area (Å²) in [5, 5.41) is 21.8. The molecule has 2 aromatic carbocycles. The fourth-order valence-electron chi connectivity index (χ4n) is 6.82. The smallest absolute Gasteiger partial charge is 0.319 e. The fraction of sp³-hybridized carbons (Fsp3) is 0.536. The topological polar surface area (TPSA) is 76.6 Å². The second kappa shape index (κ2) is 9.23. The summed E-state index contributed by atoms with van der Waals surface area (Å²) in [6.07, 6.45) is 7.24. The van der Waals surface area contributed by atoms with E-state index >= 15 is 0 Å². The van der Waals surface area contributed by atoms with Gasteiger partial charge in [-0.25, -0.2) is 4.79 Å². The predicted molar refractivity (Wildman–Crippen MR) is 134 cm³/mol. The third-order valence-corrected chi connectivity index (χ3v) is 8.57. The number of rotatable bonds is 5. The van der Waals surface area contributed by atoms with Crippen molar-refractivity contribution < 1.29 is 9.90 Å². The summed E-state index contributed by atoms with van der Waals surface area (Å²) < 4.78 is 0. The zero-order valence-electron chi connectivity index (χ0n) is 19.7. The minimum absolute atomic E-state index is 0.0253. The van der Waals surface area contributed by atoms with Crippen molar-refractivity contribution >= 4 is 17.4 Å². The monoisotopic (exact) mass is 460 g/mol.